The van der Waals surface area contributed by atoms with Crippen molar-refractivity contribution in [3.63, 3.8) is 0 Å². The lowest BCUT2D eigenvalue weighted by Crippen LogP contribution is -2.61. The van der Waals surface area contributed by atoms with Gasteiger partial charge in [-0.05, 0) is 81.4 Å². The van der Waals surface area contributed by atoms with Crippen molar-refractivity contribution in [1.82, 2.24) is 9.80 Å². The number of carbonyl (C=O) groups is 1. The largest absolute Gasteiger partial charge is 0.491 e. The number of oxime groups is 1. The number of nitrogens with zero attached hydrogens (tertiary/aromatic N) is 3. The Bertz CT molecular complexity index is 1000. The molecule has 1 aromatic rings. The maximum absolute atomic E-state index is 11.3. The molecule has 1 spiro atoms. The molecule has 2 saturated heterocycles. The first-order valence-electron chi connectivity index (χ1n) is 13.7. The molecule has 0 unspecified atom stereocenters. The number of hydrogen-bond donors (Lipinski definition) is 1. The van der Waals surface area contributed by atoms with E-state index in [1.165, 1.54) is 37.7 Å². The number of carboxylic acid groups (broad SMARTS) is 1. The minimum Gasteiger partial charge on any atom is -0.491 e. The van der Waals surface area contributed by atoms with Crippen LogP contribution in [0.5, 0.6) is 5.75 Å². The molecule has 0 atom stereocenters. The summed E-state index contributed by atoms with van der Waals surface area (Å²) in [6.45, 7) is 8.37. The van der Waals surface area contributed by atoms with Crippen LogP contribution in [0.2, 0.25) is 0 Å². The van der Waals surface area contributed by atoms with Crippen molar-refractivity contribution in [2.24, 2.45) is 11.1 Å². The van der Waals surface area contributed by atoms with E-state index in [4.69, 9.17) is 9.57 Å². The average molecular weight is 482 g/mol. The van der Waals surface area contributed by atoms with Crippen LogP contribution < -0.4 is 4.74 Å². The van der Waals surface area contributed by atoms with Gasteiger partial charge in [0.25, 0.3) is 0 Å². The van der Waals surface area contributed by atoms with Crippen molar-refractivity contribution in [2.75, 3.05) is 26.2 Å². The second-order valence-electron chi connectivity index (χ2n) is 11.9. The van der Waals surface area contributed by atoms with Crippen LogP contribution in [0.3, 0.4) is 0 Å². The summed E-state index contributed by atoms with van der Waals surface area (Å²) < 4.78 is 6.34. The van der Waals surface area contributed by atoms with E-state index in [9.17, 15) is 9.90 Å². The molecule has 3 heterocycles. The van der Waals surface area contributed by atoms with Gasteiger partial charge in [0.2, 0.25) is 0 Å². The zero-order valence-corrected chi connectivity index (χ0v) is 21.2. The molecule has 3 aliphatic heterocycles. The van der Waals surface area contributed by atoms with E-state index >= 15 is 0 Å². The van der Waals surface area contributed by atoms with E-state index in [-0.39, 0.29) is 17.6 Å². The first kappa shape index (κ1) is 23.1. The molecule has 0 amide bonds. The molecule has 1 N–H and O–H groups in total. The number of ether oxygens (including phenoxy) is 1. The first-order valence-corrected chi connectivity index (χ1v) is 13.7. The van der Waals surface area contributed by atoms with Gasteiger partial charge in [-0.3, -0.25) is 9.69 Å². The van der Waals surface area contributed by atoms with Crippen LogP contribution in [0.15, 0.2) is 17.3 Å². The quantitative estimate of drug-likeness (QED) is 0.608. The Morgan fingerprint density at radius 1 is 1.11 bits per heavy atom. The van der Waals surface area contributed by atoms with Gasteiger partial charge in [-0.25, -0.2) is 0 Å². The lowest BCUT2D eigenvalue weighted by Gasteiger charge is -2.46. The summed E-state index contributed by atoms with van der Waals surface area (Å²) in [5, 5.41) is 13.7. The van der Waals surface area contributed by atoms with Crippen molar-refractivity contribution in [3.8, 4) is 5.75 Å². The van der Waals surface area contributed by atoms with Crippen LogP contribution >= 0.6 is 0 Å². The average Bonchev–Trinajstić information content (AvgIpc) is 3.51. The van der Waals surface area contributed by atoms with Gasteiger partial charge in [-0.1, -0.05) is 17.6 Å². The van der Waals surface area contributed by atoms with Gasteiger partial charge >= 0.3 is 5.97 Å². The molecule has 4 fully saturated rings. The molecule has 0 bridgehead atoms. The highest BCUT2D eigenvalue weighted by Crippen LogP contribution is 2.49. The number of benzene rings is 1. The maximum atomic E-state index is 11.3. The summed E-state index contributed by atoms with van der Waals surface area (Å²) in [5.41, 5.74) is 4.24. The fourth-order valence-electron chi connectivity index (χ4n) is 6.31. The normalized spacial score (nSPS) is 24.8. The fourth-order valence-corrected chi connectivity index (χ4v) is 6.31. The number of hydrogen-bond acceptors (Lipinski definition) is 6. The summed E-state index contributed by atoms with van der Waals surface area (Å²) in [5.74, 6) is 2.65. The van der Waals surface area contributed by atoms with E-state index < -0.39 is 5.97 Å². The second-order valence-corrected chi connectivity index (χ2v) is 11.9. The smallest absolute Gasteiger partial charge is 0.306 e. The maximum Gasteiger partial charge on any atom is 0.306 e. The molecule has 35 heavy (non-hydrogen) atoms. The summed E-state index contributed by atoms with van der Waals surface area (Å²) in [7, 11) is 0. The molecule has 6 rings (SSSR count). The monoisotopic (exact) mass is 481 g/mol. The molecule has 2 saturated carbocycles. The van der Waals surface area contributed by atoms with E-state index in [2.05, 4.69) is 40.9 Å². The van der Waals surface area contributed by atoms with E-state index in [0.29, 0.717) is 12.8 Å². The Hall–Kier alpha value is -2.28. The predicted molar refractivity (Wildman–Crippen MR) is 134 cm³/mol. The summed E-state index contributed by atoms with van der Waals surface area (Å²) >= 11 is 0. The third kappa shape index (κ3) is 4.64. The highest BCUT2D eigenvalue weighted by atomic mass is 16.7. The van der Waals surface area contributed by atoms with Gasteiger partial charge < -0.3 is 19.6 Å². The third-order valence-corrected chi connectivity index (χ3v) is 8.64. The zero-order chi connectivity index (χ0) is 24.2. The number of piperidine rings is 1. The van der Waals surface area contributed by atoms with Crippen LogP contribution in [-0.2, 0) is 16.2 Å². The molecular formula is C28H39N3O4. The van der Waals surface area contributed by atoms with Crippen LogP contribution in [-0.4, -0.2) is 64.6 Å². The third-order valence-electron chi connectivity index (χ3n) is 8.64. The molecule has 2 aliphatic carbocycles. The molecule has 7 nitrogen and oxygen atoms in total. The van der Waals surface area contributed by atoms with Gasteiger partial charge in [0.15, 0.2) is 5.60 Å². The summed E-state index contributed by atoms with van der Waals surface area (Å²) in [4.78, 5) is 21.9. The van der Waals surface area contributed by atoms with Gasteiger partial charge in [0.1, 0.15) is 11.6 Å². The van der Waals surface area contributed by atoms with Gasteiger partial charge in [0.05, 0.1) is 18.4 Å². The van der Waals surface area contributed by atoms with Crippen molar-refractivity contribution < 1.29 is 19.5 Å². The second kappa shape index (κ2) is 8.99. The van der Waals surface area contributed by atoms with Crippen LogP contribution in [0, 0.1) is 5.92 Å². The lowest BCUT2D eigenvalue weighted by molar-refractivity contribution is -0.143. The summed E-state index contributed by atoms with van der Waals surface area (Å²) in [6.07, 6.45) is 9.02. The molecule has 7 heteroatoms. The molecule has 190 valence electrons. The highest BCUT2D eigenvalue weighted by molar-refractivity contribution is 5.84. The molecule has 5 aliphatic rings. The van der Waals surface area contributed by atoms with Gasteiger partial charge in [-0.2, -0.15) is 0 Å². The molecule has 1 aromatic carbocycles. The number of aliphatic carboxylic acids is 1. The Labute approximate surface area is 208 Å². The lowest BCUT2D eigenvalue weighted by atomic mass is 9.77. The topological polar surface area (TPSA) is 74.6 Å². The molecule has 0 radical (unpaired) electrons. The van der Waals surface area contributed by atoms with Gasteiger partial charge in [-0.15, -0.1) is 0 Å². The predicted octanol–water partition coefficient (Wildman–Crippen LogP) is 4.70. The molecular weight excluding hydrogens is 442 g/mol. The Balaban J connectivity index is 1.10. The highest BCUT2D eigenvalue weighted by Gasteiger charge is 2.51. The SMILES string of the molecule is CC(C)Oc1cc(C2CCC2)c(C2CC2)cc1CN1CC2(CC(N3CCC(C(=O)O)CC3)=NO2)C1. The minimum atomic E-state index is -0.674. The molecule has 0 aromatic heterocycles. The van der Waals surface area contributed by atoms with Gasteiger partial charge in [0, 0.05) is 38.3 Å². The van der Waals surface area contributed by atoms with E-state index in [0.717, 1.165) is 62.6 Å². The van der Waals surface area contributed by atoms with Crippen molar-refractivity contribution >= 4 is 11.8 Å². The first-order chi connectivity index (χ1) is 16.9. The number of likely N-dealkylation sites (tertiary alicyclic amines) is 2. The Morgan fingerprint density at radius 3 is 2.40 bits per heavy atom. The van der Waals surface area contributed by atoms with Crippen molar-refractivity contribution in [2.45, 2.75) is 95.3 Å². The van der Waals surface area contributed by atoms with Crippen LogP contribution in [0.4, 0.5) is 0 Å². The number of carboxylic acids is 1. The van der Waals surface area contributed by atoms with E-state index in [1.54, 1.807) is 11.1 Å². The summed E-state index contributed by atoms with van der Waals surface area (Å²) in [6, 6.07) is 4.86. The number of rotatable bonds is 7. The fraction of sp³-hybridized carbons (Fsp3) is 0.714. The zero-order valence-electron chi connectivity index (χ0n) is 21.2. The number of amidine groups is 1. The van der Waals surface area contributed by atoms with Crippen molar-refractivity contribution in [3.05, 3.63) is 28.8 Å². The van der Waals surface area contributed by atoms with Crippen molar-refractivity contribution in [1.29, 1.82) is 0 Å². The van der Waals surface area contributed by atoms with E-state index in [1.807, 2.05) is 0 Å². The minimum absolute atomic E-state index is 0.164. The Morgan fingerprint density at radius 2 is 1.80 bits per heavy atom. The van der Waals surface area contributed by atoms with Crippen LogP contribution in [0.1, 0.15) is 93.7 Å². The Kier molecular flexibility index (Phi) is 5.94. The van der Waals surface area contributed by atoms with Crippen LogP contribution in [0.25, 0.3) is 0 Å². The standard InChI is InChI=1S/C28H39N3O4/c1-18(2)34-25-13-24(19-4-3-5-19)23(20-6-7-20)12-22(25)15-30-16-28(17-30)14-26(29-35-28)31-10-8-21(9-11-31)27(32)33/h12-13,18-21H,3-11,14-17H2,1-2H3,(H,32,33).